The van der Waals surface area contributed by atoms with E-state index in [0.717, 1.165) is 17.7 Å². The second-order valence-corrected chi connectivity index (χ2v) is 17.4. The average molecular weight is 542 g/mol. The Kier molecular flexibility index (Phi) is 10.1. The SMILES string of the molecule is CC(C)(C)[Si](C)(C)O[C@@H](/C=C/c1ccccc1)C[C@@H](O)CC(=O)N1C(=S)SC[C@H]1Cc1ccccc1. The Hall–Kier alpha value is -1.77. The molecule has 0 spiro atoms. The minimum atomic E-state index is -2.09. The topological polar surface area (TPSA) is 49.8 Å². The van der Waals surface area contributed by atoms with Crippen LogP contribution in [0.2, 0.25) is 18.1 Å². The number of hydrogen-bond acceptors (Lipinski definition) is 5. The average Bonchev–Trinajstić information content (AvgIpc) is 3.17. The lowest BCUT2D eigenvalue weighted by molar-refractivity contribution is -0.130. The standard InChI is InChI=1S/C29H39NO3S2Si/c1-29(2,3)36(4,5)33-26(17-16-22-12-8-6-9-13-22)19-25(31)20-27(32)30-24(21-35-28(30)34)18-23-14-10-7-11-15-23/h6-17,24-26,31H,18-21H2,1-5H3/b17-16+/t24-,25-,26+/m1/s1. The number of thiocarbonyl (C=S) groups is 1. The Morgan fingerprint density at radius 1 is 1.17 bits per heavy atom. The third-order valence-electron chi connectivity index (χ3n) is 7.01. The van der Waals surface area contributed by atoms with Gasteiger partial charge in [0, 0.05) is 12.2 Å². The predicted molar refractivity (Wildman–Crippen MR) is 159 cm³/mol. The van der Waals surface area contributed by atoms with E-state index in [1.165, 1.54) is 5.56 Å². The number of carbonyl (C=O) groups excluding carboxylic acids is 1. The van der Waals surface area contributed by atoms with Crippen LogP contribution in [-0.2, 0) is 15.6 Å². The number of amides is 1. The van der Waals surface area contributed by atoms with Gasteiger partial charge in [-0.2, -0.15) is 0 Å². The molecule has 3 rings (SSSR count). The Morgan fingerprint density at radius 2 is 1.78 bits per heavy atom. The van der Waals surface area contributed by atoms with Crippen molar-refractivity contribution in [3.8, 4) is 0 Å². The molecule has 4 nitrogen and oxygen atoms in total. The summed E-state index contributed by atoms with van der Waals surface area (Å²) in [5, 5.41) is 11.1. The summed E-state index contributed by atoms with van der Waals surface area (Å²) in [6, 6.07) is 20.2. The Bertz CT molecular complexity index is 1040. The Morgan fingerprint density at radius 3 is 2.39 bits per heavy atom. The van der Waals surface area contributed by atoms with Gasteiger partial charge in [0.25, 0.3) is 0 Å². The summed E-state index contributed by atoms with van der Waals surface area (Å²) < 4.78 is 7.26. The first-order chi connectivity index (χ1) is 17.0. The van der Waals surface area contributed by atoms with Crippen molar-refractivity contribution in [2.45, 2.75) is 76.4 Å². The molecule has 0 bridgehead atoms. The molecule has 1 fully saturated rings. The first-order valence-corrected chi connectivity index (χ1v) is 16.9. The Labute approximate surface area is 227 Å². The van der Waals surface area contributed by atoms with Crippen LogP contribution in [0.3, 0.4) is 0 Å². The van der Waals surface area contributed by atoms with Crippen LogP contribution in [-0.4, -0.2) is 52.6 Å². The van der Waals surface area contributed by atoms with Crippen molar-refractivity contribution in [3.05, 3.63) is 77.9 Å². The second kappa shape index (κ2) is 12.7. The molecule has 1 heterocycles. The van der Waals surface area contributed by atoms with E-state index in [1.54, 1.807) is 16.7 Å². The summed E-state index contributed by atoms with van der Waals surface area (Å²) in [6.07, 6.45) is 4.10. The quantitative estimate of drug-likeness (QED) is 0.268. The first-order valence-electron chi connectivity index (χ1n) is 12.6. The summed E-state index contributed by atoms with van der Waals surface area (Å²) in [5.41, 5.74) is 2.26. The van der Waals surface area contributed by atoms with Crippen molar-refractivity contribution in [1.29, 1.82) is 0 Å². The Balaban J connectivity index is 1.69. The molecule has 1 saturated heterocycles. The molecule has 1 aliphatic heterocycles. The number of aliphatic hydroxyl groups is 1. The molecule has 0 aliphatic carbocycles. The van der Waals surface area contributed by atoms with E-state index in [-0.39, 0.29) is 29.5 Å². The molecular formula is C29H39NO3S2Si. The van der Waals surface area contributed by atoms with Gasteiger partial charge < -0.3 is 9.53 Å². The normalized spacial score (nSPS) is 18.6. The van der Waals surface area contributed by atoms with E-state index < -0.39 is 14.4 Å². The highest BCUT2D eigenvalue weighted by Gasteiger charge is 2.39. The second-order valence-electron chi connectivity index (χ2n) is 11.0. The molecule has 0 radical (unpaired) electrons. The highest BCUT2D eigenvalue weighted by atomic mass is 32.2. The zero-order chi connectivity index (χ0) is 26.3. The highest BCUT2D eigenvalue weighted by Crippen LogP contribution is 2.38. The number of nitrogens with zero attached hydrogens (tertiary/aromatic N) is 1. The van der Waals surface area contributed by atoms with Crippen molar-refractivity contribution in [3.63, 3.8) is 0 Å². The minimum Gasteiger partial charge on any atom is -0.410 e. The monoisotopic (exact) mass is 541 g/mol. The van der Waals surface area contributed by atoms with Crippen molar-refractivity contribution in [2.24, 2.45) is 0 Å². The van der Waals surface area contributed by atoms with Crippen molar-refractivity contribution >= 4 is 48.6 Å². The van der Waals surface area contributed by atoms with Gasteiger partial charge in [-0.25, -0.2) is 0 Å². The fraction of sp³-hybridized carbons (Fsp3) is 0.448. The van der Waals surface area contributed by atoms with Crippen molar-refractivity contribution < 1.29 is 14.3 Å². The summed E-state index contributed by atoms with van der Waals surface area (Å²) in [7, 11) is -2.09. The molecule has 36 heavy (non-hydrogen) atoms. The molecule has 194 valence electrons. The van der Waals surface area contributed by atoms with Gasteiger partial charge in [-0.3, -0.25) is 9.69 Å². The van der Waals surface area contributed by atoms with Crippen LogP contribution in [0.4, 0.5) is 0 Å². The fourth-order valence-electron chi connectivity index (χ4n) is 3.96. The molecule has 3 atom stereocenters. The predicted octanol–water partition coefficient (Wildman–Crippen LogP) is 6.70. The molecule has 0 saturated carbocycles. The van der Waals surface area contributed by atoms with Crippen LogP contribution < -0.4 is 0 Å². The van der Waals surface area contributed by atoms with Gasteiger partial charge in [-0.05, 0) is 35.7 Å². The van der Waals surface area contributed by atoms with E-state index >= 15 is 0 Å². The number of carbonyl (C=O) groups is 1. The van der Waals surface area contributed by atoms with Gasteiger partial charge in [0.1, 0.15) is 4.32 Å². The van der Waals surface area contributed by atoms with Gasteiger partial charge in [0.05, 0.1) is 24.7 Å². The van der Waals surface area contributed by atoms with Crippen LogP contribution in [0.25, 0.3) is 6.08 Å². The van der Waals surface area contributed by atoms with Gasteiger partial charge in [-0.15, -0.1) is 0 Å². The molecule has 0 unspecified atom stereocenters. The van der Waals surface area contributed by atoms with E-state index in [2.05, 4.69) is 46.0 Å². The number of thioether (sulfide) groups is 1. The van der Waals surface area contributed by atoms with Crippen LogP contribution >= 0.6 is 24.0 Å². The van der Waals surface area contributed by atoms with Gasteiger partial charge in [0.15, 0.2) is 8.32 Å². The van der Waals surface area contributed by atoms with E-state index in [0.29, 0.717) is 10.7 Å². The molecule has 2 aromatic carbocycles. The fourth-order valence-corrected chi connectivity index (χ4v) is 6.69. The van der Waals surface area contributed by atoms with Gasteiger partial charge in [-0.1, -0.05) is 118 Å². The molecule has 0 aromatic heterocycles. The molecule has 1 N–H and O–H groups in total. The maximum atomic E-state index is 13.3. The molecule has 1 amide bonds. The maximum absolute atomic E-state index is 13.3. The van der Waals surface area contributed by atoms with Crippen molar-refractivity contribution in [1.82, 2.24) is 4.90 Å². The lowest BCUT2D eigenvalue weighted by Crippen LogP contribution is -2.45. The smallest absolute Gasteiger partial charge is 0.230 e. The molecule has 1 aliphatic rings. The zero-order valence-corrected chi connectivity index (χ0v) is 24.6. The van der Waals surface area contributed by atoms with Crippen molar-refractivity contribution in [2.75, 3.05) is 5.75 Å². The largest absolute Gasteiger partial charge is 0.410 e. The zero-order valence-electron chi connectivity index (χ0n) is 22.0. The number of hydrogen-bond donors (Lipinski definition) is 1. The number of rotatable bonds is 10. The summed E-state index contributed by atoms with van der Waals surface area (Å²) in [6.45, 7) is 11.0. The van der Waals surface area contributed by atoms with Crippen LogP contribution in [0, 0.1) is 0 Å². The van der Waals surface area contributed by atoms with Gasteiger partial charge in [0.2, 0.25) is 5.91 Å². The third kappa shape index (κ3) is 8.12. The van der Waals surface area contributed by atoms with Crippen LogP contribution in [0.5, 0.6) is 0 Å². The minimum absolute atomic E-state index is 0.0156. The van der Waals surface area contributed by atoms with E-state index in [1.807, 2.05) is 60.7 Å². The van der Waals surface area contributed by atoms with Gasteiger partial charge >= 0.3 is 0 Å². The summed E-state index contributed by atoms with van der Waals surface area (Å²) >= 11 is 7.06. The molecular weight excluding hydrogens is 503 g/mol. The van der Waals surface area contributed by atoms with Crippen LogP contribution in [0.15, 0.2) is 66.7 Å². The van der Waals surface area contributed by atoms with E-state index in [4.69, 9.17) is 16.6 Å². The first kappa shape index (κ1) is 28.8. The van der Waals surface area contributed by atoms with Crippen LogP contribution in [0.1, 0.15) is 44.7 Å². The van der Waals surface area contributed by atoms with E-state index in [9.17, 15) is 9.90 Å². The number of benzene rings is 2. The maximum Gasteiger partial charge on any atom is 0.230 e. The lowest BCUT2D eigenvalue weighted by Gasteiger charge is -2.39. The number of aliphatic hydroxyl groups excluding tert-OH is 1. The summed E-state index contributed by atoms with van der Waals surface area (Å²) in [5.74, 6) is 0.670. The lowest BCUT2D eigenvalue weighted by atomic mass is 10.0. The summed E-state index contributed by atoms with van der Waals surface area (Å²) in [4.78, 5) is 15.0. The highest BCUT2D eigenvalue weighted by molar-refractivity contribution is 8.23. The molecule has 2 aromatic rings. The molecule has 7 heteroatoms. The third-order valence-corrected chi connectivity index (χ3v) is 13.1.